The molecule has 1 aliphatic heterocycles. The first-order valence-electron chi connectivity index (χ1n) is 13.1. The van der Waals surface area contributed by atoms with Crippen molar-refractivity contribution in [2.45, 2.75) is 44.0 Å². The highest BCUT2D eigenvalue weighted by Gasteiger charge is 2.51. The molecule has 1 fully saturated rings. The fraction of sp³-hybridized carbons (Fsp3) is 0.323. The highest BCUT2D eigenvalue weighted by atomic mass is 32.2. The molecule has 0 radical (unpaired) electrons. The van der Waals surface area contributed by atoms with E-state index in [0.29, 0.717) is 23.4 Å². The molecule has 1 aliphatic carbocycles. The summed E-state index contributed by atoms with van der Waals surface area (Å²) < 4.78 is 35.3. The number of nitrogens with zero attached hydrogens (tertiary/aromatic N) is 1. The Bertz CT molecular complexity index is 1420. The van der Waals surface area contributed by atoms with Crippen LogP contribution in [0, 0.1) is 12.8 Å². The summed E-state index contributed by atoms with van der Waals surface area (Å²) in [6, 6.07) is 27.7. The Morgan fingerprint density at radius 3 is 1.97 bits per heavy atom. The summed E-state index contributed by atoms with van der Waals surface area (Å²) in [5.74, 6) is -0.00389. The van der Waals surface area contributed by atoms with E-state index in [1.54, 1.807) is 12.1 Å². The van der Waals surface area contributed by atoms with Crippen LogP contribution in [0.5, 0.6) is 0 Å². The van der Waals surface area contributed by atoms with Gasteiger partial charge >= 0.3 is 0 Å². The maximum Gasteiger partial charge on any atom is 0.261 e. The van der Waals surface area contributed by atoms with Gasteiger partial charge in [0.2, 0.25) is 10.0 Å². The molecule has 5 nitrogen and oxygen atoms in total. The quantitative estimate of drug-likeness (QED) is 0.411. The van der Waals surface area contributed by atoms with Gasteiger partial charge in [-0.15, -0.1) is 0 Å². The van der Waals surface area contributed by atoms with Crippen LogP contribution in [-0.2, 0) is 19.2 Å². The lowest BCUT2D eigenvalue weighted by Crippen LogP contribution is -2.66. The number of fused-ring (bicyclic) bond motifs is 1. The predicted molar refractivity (Wildman–Crippen MR) is 154 cm³/mol. The predicted octanol–water partition coefficient (Wildman–Crippen LogP) is 4.46. The third kappa shape index (κ3) is 4.62. The lowest BCUT2D eigenvalue weighted by atomic mass is 10.1. The molecule has 0 aromatic heterocycles. The molecule has 1 atom stereocenters. The molecule has 1 heterocycles. The molecule has 3 aromatic carbocycles. The summed E-state index contributed by atoms with van der Waals surface area (Å²) in [5, 5.41) is 2.10. The van der Waals surface area contributed by atoms with Crippen molar-refractivity contribution in [2.75, 3.05) is 19.7 Å². The molecule has 0 N–H and O–H groups in total. The summed E-state index contributed by atoms with van der Waals surface area (Å²) in [4.78, 5) is 13.5. The number of sulfonamides is 1. The highest BCUT2D eigenvalue weighted by Crippen LogP contribution is 2.41. The average molecular weight is 546 g/mol. The van der Waals surface area contributed by atoms with Gasteiger partial charge in [-0.2, -0.15) is 4.31 Å². The third-order valence-corrected chi connectivity index (χ3v) is 14.7. The number of ketones is 1. The van der Waals surface area contributed by atoms with Gasteiger partial charge in [-0.1, -0.05) is 99.1 Å². The second-order valence-electron chi connectivity index (χ2n) is 11.4. The van der Waals surface area contributed by atoms with E-state index in [-0.39, 0.29) is 29.9 Å². The minimum atomic E-state index is -3.64. The van der Waals surface area contributed by atoms with Crippen LogP contribution in [0.4, 0.5) is 0 Å². The van der Waals surface area contributed by atoms with Crippen molar-refractivity contribution in [2.24, 2.45) is 5.92 Å². The SMILES string of the molecule is Cc1ccc(S(=O)(=O)N2CC3=C(CO[Si](c4ccccc4)(c4ccccc4)C(C)(C)C)C(=O)CC3C2)cc1. The minimum Gasteiger partial charge on any atom is -0.403 e. The van der Waals surface area contributed by atoms with Gasteiger partial charge in [0, 0.05) is 31.0 Å². The summed E-state index contributed by atoms with van der Waals surface area (Å²) >= 11 is 0. The Morgan fingerprint density at radius 1 is 0.895 bits per heavy atom. The van der Waals surface area contributed by atoms with Crippen molar-refractivity contribution in [1.29, 1.82) is 0 Å². The van der Waals surface area contributed by atoms with Crippen LogP contribution in [0.2, 0.25) is 5.04 Å². The van der Waals surface area contributed by atoms with Crippen molar-refractivity contribution < 1.29 is 17.6 Å². The van der Waals surface area contributed by atoms with E-state index in [2.05, 4.69) is 45.0 Å². The zero-order chi connectivity index (χ0) is 27.1. The average Bonchev–Trinajstić information content (AvgIpc) is 3.43. The van der Waals surface area contributed by atoms with Gasteiger partial charge < -0.3 is 4.43 Å². The molecule has 0 saturated carbocycles. The highest BCUT2D eigenvalue weighted by molar-refractivity contribution is 7.89. The number of carbonyl (C=O) groups excluding carboxylic acids is 1. The molecule has 0 amide bonds. The topological polar surface area (TPSA) is 63.7 Å². The maximum absolute atomic E-state index is 13.4. The Kier molecular flexibility index (Phi) is 7.07. The molecule has 0 spiro atoms. The number of aryl methyl sites for hydroxylation is 1. The van der Waals surface area contributed by atoms with E-state index in [9.17, 15) is 13.2 Å². The number of benzene rings is 3. The summed E-state index contributed by atoms with van der Waals surface area (Å²) in [6.07, 6.45) is 0.342. The minimum absolute atomic E-state index is 0.0790. The molecule has 1 saturated heterocycles. The molecule has 2 aliphatic rings. The number of hydrogen-bond acceptors (Lipinski definition) is 4. The van der Waals surface area contributed by atoms with Crippen LogP contribution < -0.4 is 10.4 Å². The van der Waals surface area contributed by atoms with Crippen LogP contribution >= 0.6 is 0 Å². The lowest BCUT2D eigenvalue weighted by Gasteiger charge is -2.43. The first-order chi connectivity index (χ1) is 18.0. The zero-order valence-corrected chi connectivity index (χ0v) is 24.3. The standard InChI is InChI=1S/C31H35NO4SSi/c1-23-15-17-25(18-16-23)37(34,35)32-20-24-19-30(33)29(28(24)21-32)22-36-38(31(2,3)4,26-11-7-5-8-12-26)27-13-9-6-10-14-27/h5-18,24H,19-22H2,1-4H3. The van der Waals surface area contributed by atoms with E-state index in [1.807, 2.05) is 55.5 Å². The normalized spacial score (nSPS) is 18.7. The van der Waals surface area contributed by atoms with E-state index >= 15 is 0 Å². The molecule has 38 heavy (non-hydrogen) atoms. The van der Waals surface area contributed by atoms with Crippen LogP contribution in [0.15, 0.2) is 101 Å². The van der Waals surface area contributed by atoms with Crippen LogP contribution in [-0.4, -0.2) is 46.5 Å². The number of carbonyl (C=O) groups is 1. The van der Waals surface area contributed by atoms with Crippen molar-refractivity contribution in [3.8, 4) is 0 Å². The van der Waals surface area contributed by atoms with E-state index in [4.69, 9.17) is 4.43 Å². The number of Topliss-reactive ketones (excluding diaryl/α,β-unsaturated/α-hetero) is 1. The Hall–Kier alpha value is -2.84. The Balaban J connectivity index is 1.50. The third-order valence-electron chi connectivity index (χ3n) is 7.93. The van der Waals surface area contributed by atoms with Gasteiger partial charge in [0.1, 0.15) is 0 Å². The summed E-state index contributed by atoms with van der Waals surface area (Å²) in [7, 11) is -6.46. The van der Waals surface area contributed by atoms with Gasteiger partial charge in [0.15, 0.2) is 5.78 Å². The second-order valence-corrected chi connectivity index (χ2v) is 17.6. The fourth-order valence-corrected chi connectivity index (χ4v) is 11.9. The Morgan fingerprint density at radius 2 is 1.45 bits per heavy atom. The maximum atomic E-state index is 13.4. The fourth-order valence-electron chi connectivity index (χ4n) is 5.95. The first-order valence-corrected chi connectivity index (χ1v) is 16.5. The lowest BCUT2D eigenvalue weighted by molar-refractivity contribution is -0.115. The summed E-state index contributed by atoms with van der Waals surface area (Å²) in [6.45, 7) is 9.33. The van der Waals surface area contributed by atoms with Gasteiger partial charge in [-0.3, -0.25) is 4.79 Å². The molecule has 198 valence electrons. The first kappa shape index (κ1) is 26.8. The number of hydrogen-bond donors (Lipinski definition) is 0. The molecular formula is C31H35NO4SSi. The van der Waals surface area contributed by atoms with Crippen molar-refractivity contribution in [1.82, 2.24) is 4.31 Å². The molecule has 3 aromatic rings. The van der Waals surface area contributed by atoms with Gasteiger partial charge in [0.05, 0.1) is 11.5 Å². The second kappa shape index (κ2) is 10.0. The largest absolute Gasteiger partial charge is 0.403 e. The molecule has 7 heteroatoms. The van der Waals surface area contributed by atoms with Crippen LogP contribution in [0.25, 0.3) is 0 Å². The Labute approximate surface area is 227 Å². The van der Waals surface area contributed by atoms with Crippen molar-refractivity contribution in [3.63, 3.8) is 0 Å². The zero-order valence-electron chi connectivity index (χ0n) is 22.5. The van der Waals surface area contributed by atoms with Crippen LogP contribution in [0.1, 0.15) is 32.8 Å². The van der Waals surface area contributed by atoms with E-state index in [0.717, 1.165) is 21.5 Å². The molecule has 5 rings (SSSR count). The van der Waals surface area contributed by atoms with Crippen molar-refractivity contribution in [3.05, 3.63) is 102 Å². The summed E-state index contributed by atoms with van der Waals surface area (Å²) in [5.41, 5.74) is 2.59. The molecule has 1 unspecified atom stereocenters. The van der Waals surface area contributed by atoms with Gasteiger partial charge in [-0.25, -0.2) is 8.42 Å². The monoisotopic (exact) mass is 545 g/mol. The van der Waals surface area contributed by atoms with Gasteiger partial charge in [0.25, 0.3) is 8.32 Å². The molecular weight excluding hydrogens is 510 g/mol. The van der Waals surface area contributed by atoms with E-state index in [1.165, 1.54) is 4.31 Å². The van der Waals surface area contributed by atoms with Crippen molar-refractivity contribution >= 4 is 34.5 Å². The smallest absolute Gasteiger partial charge is 0.261 e. The van der Waals surface area contributed by atoms with E-state index < -0.39 is 18.3 Å². The molecule has 0 bridgehead atoms. The van der Waals surface area contributed by atoms with Gasteiger partial charge in [-0.05, 0) is 40.0 Å². The van der Waals surface area contributed by atoms with Crippen LogP contribution in [0.3, 0.4) is 0 Å². The number of rotatable bonds is 7.